The molecule has 0 saturated heterocycles. The molecular formula is C16H16N4O2S2. The van der Waals surface area contributed by atoms with Gasteiger partial charge in [-0.25, -0.2) is 9.78 Å². The Hall–Kier alpha value is -2.32. The highest BCUT2D eigenvalue weighted by atomic mass is 32.2. The maximum Gasteiger partial charge on any atom is 0.321 e. The first-order valence-corrected chi connectivity index (χ1v) is 9.14. The summed E-state index contributed by atoms with van der Waals surface area (Å²) in [7, 11) is 1.91. The Morgan fingerprint density at radius 1 is 1.25 bits per heavy atom. The number of aryl methyl sites for hydroxylation is 1. The number of carbonyl (C=O) groups excluding carboxylic acids is 2. The summed E-state index contributed by atoms with van der Waals surface area (Å²) in [5, 5.41) is 7.66. The number of imide groups is 1. The van der Waals surface area contributed by atoms with E-state index in [0.29, 0.717) is 6.54 Å². The van der Waals surface area contributed by atoms with Crippen molar-refractivity contribution in [1.82, 2.24) is 20.2 Å². The number of hydrogen-bond donors (Lipinski definition) is 2. The van der Waals surface area contributed by atoms with Gasteiger partial charge in [0, 0.05) is 11.9 Å². The van der Waals surface area contributed by atoms with Gasteiger partial charge in [-0.15, -0.1) is 11.3 Å². The van der Waals surface area contributed by atoms with E-state index < -0.39 is 6.03 Å². The standard InChI is InChI=1S/C16H16N4O2S2/c1-20-13-7-3-2-6-12(13)18-16(20)24-10-14(21)19-15(22)17-9-11-5-4-8-23-11/h2-8H,9-10H2,1H3,(H2,17,19,21,22). The number of benzene rings is 1. The molecule has 6 nitrogen and oxygen atoms in total. The number of para-hydroxylation sites is 2. The fourth-order valence-electron chi connectivity index (χ4n) is 2.17. The Balaban J connectivity index is 1.49. The molecule has 3 aromatic rings. The van der Waals surface area contributed by atoms with Gasteiger partial charge in [0.2, 0.25) is 5.91 Å². The first-order chi connectivity index (χ1) is 11.6. The largest absolute Gasteiger partial charge is 0.333 e. The third-order valence-corrected chi connectivity index (χ3v) is 5.24. The molecule has 24 heavy (non-hydrogen) atoms. The zero-order chi connectivity index (χ0) is 16.9. The molecule has 0 saturated carbocycles. The Labute approximate surface area is 147 Å². The van der Waals surface area contributed by atoms with Crippen LogP contribution in [0.2, 0.25) is 0 Å². The summed E-state index contributed by atoms with van der Waals surface area (Å²) in [6.45, 7) is 0.411. The average Bonchev–Trinajstić information content (AvgIpc) is 3.20. The van der Waals surface area contributed by atoms with E-state index in [1.165, 1.54) is 11.8 Å². The SMILES string of the molecule is Cn1c(SCC(=O)NC(=O)NCc2cccs2)nc2ccccc21. The average molecular weight is 360 g/mol. The fraction of sp³-hybridized carbons (Fsp3) is 0.188. The van der Waals surface area contributed by atoms with Crippen molar-refractivity contribution in [2.75, 3.05) is 5.75 Å². The van der Waals surface area contributed by atoms with Crippen LogP contribution in [0.15, 0.2) is 46.9 Å². The van der Waals surface area contributed by atoms with E-state index in [1.807, 2.05) is 53.4 Å². The van der Waals surface area contributed by atoms with Crippen molar-refractivity contribution in [3.8, 4) is 0 Å². The van der Waals surface area contributed by atoms with Gasteiger partial charge in [-0.05, 0) is 23.6 Å². The van der Waals surface area contributed by atoms with Gasteiger partial charge in [-0.3, -0.25) is 10.1 Å². The number of rotatable bonds is 5. The van der Waals surface area contributed by atoms with Crippen molar-refractivity contribution in [2.45, 2.75) is 11.7 Å². The number of urea groups is 1. The summed E-state index contributed by atoms with van der Waals surface area (Å²) in [4.78, 5) is 29.1. The number of thiophene rings is 1. The number of aromatic nitrogens is 2. The molecule has 2 aromatic heterocycles. The van der Waals surface area contributed by atoms with Crippen LogP contribution < -0.4 is 10.6 Å². The normalized spacial score (nSPS) is 10.7. The number of amides is 3. The third kappa shape index (κ3) is 3.95. The van der Waals surface area contributed by atoms with Gasteiger partial charge in [0.25, 0.3) is 0 Å². The van der Waals surface area contributed by atoms with Crippen LogP contribution in [0.5, 0.6) is 0 Å². The number of carbonyl (C=O) groups is 2. The van der Waals surface area contributed by atoms with Gasteiger partial charge in [0.05, 0.1) is 23.3 Å². The minimum atomic E-state index is -0.487. The minimum Gasteiger partial charge on any atom is -0.333 e. The highest BCUT2D eigenvalue weighted by molar-refractivity contribution is 7.99. The van der Waals surface area contributed by atoms with Gasteiger partial charge in [0.15, 0.2) is 5.16 Å². The zero-order valence-electron chi connectivity index (χ0n) is 13.0. The highest BCUT2D eigenvalue weighted by Crippen LogP contribution is 2.22. The lowest BCUT2D eigenvalue weighted by Gasteiger charge is -2.05. The molecule has 124 valence electrons. The van der Waals surface area contributed by atoms with Gasteiger partial charge in [-0.2, -0.15) is 0 Å². The van der Waals surface area contributed by atoms with Crippen molar-refractivity contribution in [2.24, 2.45) is 7.05 Å². The van der Waals surface area contributed by atoms with Gasteiger partial charge < -0.3 is 9.88 Å². The van der Waals surface area contributed by atoms with Crippen LogP contribution in [0, 0.1) is 0 Å². The Morgan fingerprint density at radius 3 is 2.83 bits per heavy atom. The first kappa shape index (κ1) is 16.5. The van der Waals surface area contributed by atoms with Crippen molar-refractivity contribution in [3.63, 3.8) is 0 Å². The molecule has 0 bridgehead atoms. The zero-order valence-corrected chi connectivity index (χ0v) is 14.6. The number of thioether (sulfide) groups is 1. The Kier molecular flexibility index (Phi) is 5.17. The molecule has 0 fully saturated rings. The summed E-state index contributed by atoms with van der Waals surface area (Å²) in [5.41, 5.74) is 1.89. The van der Waals surface area contributed by atoms with E-state index >= 15 is 0 Å². The van der Waals surface area contributed by atoms with Crippen molar-refractivity contribution >= 4 is 46.1 Å². The molecule has 8 heteroatoms. The molecule has 0 radical (unpaired) electrons. The van der Waals surface area contributed by atoms with Crippen molar-refractivity contribution < 1.29 is 9.59 Å². The quantitative estimate of drug-likeness (QED) is 0.686. The van der Waals surface area contributed by atoms with E-state index in [-0.39, 0.29) is 11.7 Å². The van der Waals surface area contributed by atoms with Crippen molar-refractivity contribution in [1.29, 1.82) is 0 Å². The number of hydrogen-bond acceptors (Lipinski definition) is 5. The number of fused-ring (bicyclic) bond motifs is 1. The van der Waals surface area contributed by atoms with Crippen LogP contribution in [-0.2, 0) is 18.4 Å². The molecule has 1 aromatic carbocycles. The number of nitrogens with zero attached hydrogens (tertiary/aromatic N) is 2. The number of imidazole rings is 1. The summed E-state index contributed by atoms with van der Waals surface area (Å²) < 4.78 is 1.93. The number of nitrogens with one attached hydrogen (secondary N) is 2. The maximum atomic E-state index is 11.9. The van der Waals surface area contributed by atoms with E-state index in [9.17, 15) is 9.59 Å². The predicted octanol–water partition coefficient (Wildman–Crippen LogP) is 2.75. The maximum absolute atomic E-state index is 11.9. The van der Waals surface area contributed by atoms with Crippen LogP contribution >= 0.6 is 23.1 Å². The lowest BCUT2D eigenvalue weighted by Crippen LogP contribution is -2.39. The molecule has 0 atom stereocenters. The second kappa shape index (κ2) is 7.50. The predicted molar refractivity (Wildman–Crippen MR) is 96.1 cm³/mol. The molecule has 3 amide bonds. The third-order valence-electron chi connectivity index (χ3n) is 3.33. The van der Waals surface area contributed by atoms with Crippen LogP contribution in [0.1, 0.15) is 4.88 Å². The highest BCUT2D eigenvalue weighted by Gasteiger charge is 2.12. The topological polar surface area (TPSA) is 76.0 Å². The molecule has 0 aliphatic rings. The Morgan fingerprint density at radius 2 is 2.08 bits per heavy atom. The molecule has 0 aliphatic heterocycles. The van der Waals surface area contributed by atoms with Gasteiger partial charge in [-0.1, -0.05) is 30.0 Å². The first-order valence-electron chi connectivity index (χ1n) is 7.28. The van der Waals surface area contributed by atoms with E-state index in [4.69, 9.17) is 0 Å². The van der Waals surface area contributed by atoms with Gasteiger partial charge >= 0.3 is 6.03 Å². The van der Waals surface area contributed by atoms with Gasteiger partial charge in [0.1, 0.15) is 0 Å². The monoisotopic (exact) mass is 360 g/mol. The molecule has 0 aliphatic carbocycles. The minimum absolute atomic E-state index is 0.129. The smallest absolute Gasteiger partial charge is 0.321 e. The van der Waals surface area contributed by atoms with Crippen LogP contribution in [0.3, 0.4) is 0 Å². The Bertz CT molecular complexity index is 858. The molecule has 2 N–H and O–H groups in total. The lowest BCUT2D eigenvalue weighted by molar-refractivity contribution is -0.117. The van der Waals surface area contributed by atoms with E-state index in [2.05, 4.69) is 15.6 Å². The van der Waals surface area contributed by atoms with Crippen LogP contribution in [0.4, 0.5) is 4.79 Å². The summed E-state index contributed by atoms with van der Waals surface area (Å²) >= 11 is 2.85. The van der Waals surface area contributed by atoms with E-state index in [1.54, 1.807) is 11.3 Å². The molecule has 3 rings (SSSR count). The fourth-order valence-corrected chi connectivity index (χ4v) is 3.60. The van der Waals surface area contributed by atoms with Crippen LogP contribution in [-0.4, -0.2) is 27.2 Å². The molecular weight excluding hydrogens is 344 g/mol. The summed E-state index contributed by atoms with van der Waals surface area (Å²) in [6.07, 6.45) is 0. The lowest BCUT2D eigenvalue weighted by atomic mass is 10.3. The molecule has 0 unspecified atom stereocenters. The second-order valence-electron chi connectivity index (χ2n) is 5.04. The molecule has 0 spiro atoms. The van der Waals surface area contributed by atoms with Crippen LogP contribution in [0.25, 0.3) is 11.0 Å². The molecule has 2 heterocycles. The van der Waals surface area contributed by atoms with E-state index in [0.717, 1.165) is 21.1 Å². The second-order valence-corrected chi connectivity index (χ2v) is 7.02. The summed E-state index contributed by atoms with van der Waals surface area (Å²) in [6, 6.07) is 11.1. The van der Waals surface area contributed by atoms with Crippen molar-refractivity contribution in [3.05, 3.63) is 46.7 Å². The summed E-state index contributed by atoms with van der Waals surface area (Å²) in [5.74, 6) is -0.223.